The average molecular weight is 281 g/mol. The fourth-order valence-electron chi connectivity index (χ4n) is 2.47. The van der Waals surface area contributed by atoms with E-state index < -0.39 is 0 Å². The summed E-state index contributed by atoms with van der Waals surface area (Å²) in [5.74, 6) is 0.301. The highest BCUT2D eigenvalue weighted by Gasteiger charge is 2.09. The van der Waals surface area contributed by atoms with Crippen molar-refractivity contribution in [3.8, 4) is 16.9 Å². The van der Waals surface area contributed by atoms with E-state index in [9.17, 15) is 5.11 Å². The van der Waals surface area contributed by atoms with Crippen molar-refractivity contribution < 1.29 is 5.11 Å². The molecule has 3 rings (SSSR count). The Balaban J connectivity index is 2.02. The van der Waals surface area contributed by atoms with Gasteiger partial charge in [0, 0.05) is 29.6 Å². The van der Waals surface area contributed by atoms with Crippen molar-refractivity contribution in [1.29, 1.82) is 0 Å². The number of phenolic OH excluding ortho intramolecular Hbond substituents is 1. The van der Waals surface area contributed by atoms with E-state index in [0.717, 1.165) is 40.7 Å². The normalized spacial score (nSPS) is 11.4. The monoisotopic (exact) mass is 281 g/mol. The maximum absolute atomic E-state index is 10.0. The number of benzene rings is 2. The van der Waals surface area contributed by atoms with Crippen molar-refractivity contribution in [1.82, 2.24) is 15.1 Å². The number of rotatable bonds is 4. The minimum Gasteiger partial charge on any atom is -0.507 e. The lowest BCUT2D eigenvalue weighted by Crippen LogP contribution is -2.15. The van der Waals surface area contributed by atoms with Gasteiger partial charge in [-0.05, 0) is 37.9 Å². The van der Waals surface area contributed by atoms with Gasteiger partial charge in [0.1, 0.15) is 5.75 Å². The first-order valence-corrected chi connectivity index (χ1v) is 7.05. The maximum atomic E-state index is 10.0. The first-order chi connectivity index (χ1) is 10.1. The molecule has 2 aromatic carbocycles. The fourth-order valence-corrected chi connectivity index (χ4v) is 2.47. The van der Waals surface area contributed by atoms with E-state index in [-0.39, 0.29) is 0 Å². The van der Waals surface area contributed by atoms with Gasteiger partial charge in [0.05, 0.1) is 5.52 Å². The van der Waals surface area contributed by atoms with Crippen molar-refractivity contribution in [2.45, 2.75) is 6.42 Å². The summed E-state index contributed by atoms with van der Waals surface area (Å²) < 4.78 is 0. The largest absolute Gasteiger partial charge is 0.507 e. The third-order valence-electron chi connectivity index (χ3n) is 3.66. The van der Waals surface area contributed by atoms with Gasteiger partial charge in [0.15, 0.2) is 0 Å². The molecule has 2 N–H and O–H groups in total. The van der Waals surface area contributed by atoms with Crippen LogP contribution in [0, 0.1) is 0 Å². The predicted octanol–water partition coefficient (Wildman–Crippen LogP) is 3.04. The third kappa shape index (κ3) is 2.76. The van der Waals surface area contributed by atoms with Crippen molar-refractivity contribution in [2.24, 2.45) is 0 Å². The van der Waals surface area contributed by atoms with Crippen LogP contribution in [0.1, 0.15) is 5.69 Å². The molecule has 0 amide bonds. The number of aromatic amines is 1. The highest BCUT2D eigenvalue weighted by atomic mass is 16.3. The van der Waals surface area contributed by atoms with Crippen LogP contribution in [0.3, 0.4) is 0 Å². The number of fused-ring (bicyclic) bond motifs is 1. The lowest BCUT2D eigenvalue weighted by molar-refractivity contribution is 0.412. The van der Waals surface area contributed by atoms with E-state index >= 15 is 0 Å². The van der Waals surface area contributed by atoms with Crippen molar-refractivity contribution in [3.63, 3.8) is 0 Å². The molecule has 4 nitrogen and oxygen atoms in total. The van der Waals surface area contributed by atoms with Crippen LogP contribution < -0.4 is 0 Å². The van der Waals surface area contributed by atoms with Gasteiger partial charge in [-0.15, -0.1) is 0 Å². The standard InChI is InChI=1S/C17H19N3O/c1-20(2)10-9-16-14-11-12(7-8-15(14)18-19-16)13-5-3-4-6-17(13)21/h3-8,11,21H,9-10H2,1-2H3,(H,18,19). The second kappa shape index (κ2) is 5.58. The summed E-state index contributed by atoms with van der Waals surface area (Å²) in [6.45, 7) is 0.970. The first kappa shape index (κ1) is 13.6. The average Bonchev–Trinajstić information content (AvgIpc) is 2.88. The Morgan fingerprint density at radius 3 is 2.71 bits per heavy atom. The Morgan fingerprint density at radius 1 is 1.14 bits per heavy atom. The number of hydrogen-bond acceptors (Lipinski definition) is 3. The summed E-state index contributed by atoms with van der Waals surface area (Å²) >= 11 is 0. The third-order valence-corrected chi connectivity index (χ3v) is 3.66. The Labute approximate surface area is 124 Å². The minimum absolute atomic E-state index is 0.301. The van der Waals surface area contributed by atoms with Crippen LogP contribution in [-0.4, -0.2) is 40.8 Å². The zero-order valence-corrected chi connectivity index (χ0v) is 12.3. The topological polar surface area (TPSA) is 52.2 Å². The van der Waals surface area contributed by atoms with Crippen LogP contribution in [-0.2, 0) is 6.42 Å². The number of H-pyrrole nitrogens is 1. The SMILES string of the molecule is CN(C)CCc1[nH]nc2ccc(-c3ccccc3O)cc12. The molecule has 21 heavy (non-hydrogen) atoms. The maximum Gasteiger partial charge on any atom is 0.123 e. The van der Waals surface area contributed by atoms with Gasteiger partial charge >= 0.3 is 0 Å². The molecule has 1 aromatic heterocycles. The molecule has 1 heterocycles. The molecule has 0 bridgehead atoms. The zero-order valence-electron chi connectivity index (χ0n) is 12.3. The van der Waals surface area contributed by atoms with Gasteiger partial charge in [-0.2, -0.15) is 5.10 Å². The number of para-hydroxylation sites is 1. The molecular weight excluding hydrogens is 262 g/mol. The van der Waals surface area contributed by atoms with E-state index in [2.05, 4.69) is 35.3 Å². The number of aromatic nitrogens is 2. The molecular formula is C17H19N3O. The second-order valence-corrected chi connectivity index (χ2v) is 5.50. The van der Waals surface area contributed by atoms with Gasteiger partial charge in [0.2, 0.25) is 0 Å². The molecule has 3 aromatic rings. The van der Waals surface area contributed by atoms with Crippen LogP contribution in [0.15, 0.2) is 42.5 Å². The molecule has 0 atom stereocenters. The number of nitrogens with one attached hydrogen (secondary N) is 1. The molecule has 108 valence electrons. The van der Waals surface area contributed by atoms with Gasteiger partial charge in [-0.3, -0.25) is 5.10 Å². The summed E-state index contributed by atoms with van der Waals surface area (Å²) in [4.78, 5) is 2.15. The molecule has 0 saturated carbocycles. The number of likely N-dealkylation sites (N-methyl/N-ethyl adjacent to an activating group) is 1. The van der Waals surface area contributed by atoms with Crippen molar-refractivity contribution >= 4 is 10.9 Å². The van der Waals surface area contributed by atoms with Gasteiger partial charge in [-0.1, -0.05) is 24.3 Å². The van der Waals surface area contributed by atoms with Gasteiger partial charge < -0.3 is 10.0 Å². The van der Waals surface area contributed by atoms with E-state index in [4.69, 9.17) is 0 Å². The number of nitrogens with zero attached hydrogens (tertiary/aromatic N) is 2. The summed E-state index contributed by atoms with van der Waals surface area (Å²) in [5, 5.41) is 18.6. The van der Waals surface area contributed by atoms with Crippen LogP contribution in [0.2, 0.25) is 0 Å². The molecule has 0 aliphatic carbocycles. The highest BCUT2D eigenvalue weighted by molar-refractivity contribution is 5.87. The second-order valence-electron chi connectivity index (χ2n) is 5.50. The van der Waals surface area contributed by atoms with Crippen LogP contribution in [0.4, 0.5) is 0 Å². The highest BCUT2D eigenvalue weighted by Crippen LogP contribution is 2.31. The molecule has 4 heteroatoms. The van der Waals surface area contributed by atoms with E-state index in [0.29, 0.717) is 5.75 Å². The minimum atomic E-state index is 0.301. The number of hydrogen-bond donors (Lipinski definition) is 2. The quantitative estimate of drug-likeness (QED) is 0.773. The number of aromatic hydroxyl groups is 1. The lowest BCUT2D eigenvalue weighted by atomic mass is 10.0. The van der Waals surface area contributed by atoms with Crippen LogP contribution in [0.25, 0.3) is 22.0 Å². The Kier molecular flexibility index (Phi) is 3.62. The Morgan fingerprint density at radius 2 is 1.95 bits per heavy atom. The van der Waals surface area contributed by atoms with Crippen molar-refractivity contribution in [3.05, 3.63) is 48.2 Å². The van der Waals surface area contributed by atoms with Gasteiger partial charge in [-0.25, -0.2) is 0 Å². The molecule has 0 spiro atoms. The Bertz CT molecular complexity index is 762. The number of phenols is 1. The van der Waals surface area contributed by atoms with Gasteiger partial charge in [0.25, 0.3) is 0 Å². The molecule has 0 aliphatic heterocycles. The summed E-state index contributed by atoms with van der Waals surface area (Å²) in [6.07, 6.45) is 0.924. The summed E-state index contributed by atoms with van der Waals surface area (Å²) in [7, 11) is 4.12. The molecule has 0 saturated heterocycles. The molecule has 0 aliphatic rings. The molecule has 0 unspecified atom stereocenters. The fraction of sp³-hybridized carbons (Fsp3) is 0.235. The summed E-state index contributed by atoms with van der Waals surface area (Å²) in [6, 6.07) is 13.5. The van der Waals surface area contributed by atoms with Crippen LogP contribution in [0.5, 0.6) is 5.75 Å². The van der Waals surface area contributed by atoms with E-state index in [1.807, 2.05) is 30.3 Å². The van der Waals surface area contributed by atoms with Crippen LogP contribution >= 0.6 is 0 Å². The first-order valence-electron chi connectivity index (χ1n) is 7.05. The molecule has 0 radical (unpaired) electrons. The van der Waals surface area contributed by atoms with Crippen molar-refractivity contribution in [2.75, 3.05) is 20.6 Å². The Hall–Kier alpha value is -2.33. The van der Waals surface area contributed by atoms with E-state index in [1.54, 1.807) is 6.07 Å². The van der Waals surface area contributed by atoms with E-state index in [1.165, 1.54) is 0 Å². The lowest BCUT2D eigenvalue weighted by Gasteiger charge is -2.08. The smallest absolute Gasteiger partial charge is 0.123 e. The zero-order chi connectivity index (χ0) is 14.8. The summed E-state index contributed by atoms with van der Waals surface area (Å²) in [5.41, 5.74) is 3.95. The predicted molar refractivity (Wildman–Crippen MR) is 85.5 cm³/mol. The molecule has 0 fully saturated rings.